The van der Waals surface area contributed by atoms with E-state index in [1.54, 1.807) is 12.4 Å². The van der Waals surface area contributed by atoms with Gasteiger partial charge < -0.3 is 9.42 Å². The SMILES string of the molecule is Cc1nc(C2CCCN2C(=O)CCc2nc(-c3ccncc3)no2)n[nH]1. The van der Waals surface area contributed by atoms with E-state index in [4.69, 9.17) is 4.52 Å². The number of pyridine rings is 1. The van der Waals surface area contributed by atoms with Gasteiger partial charge in [0, 0.05) is 37.3 Å². The number of aromatic amines is 1. The van der Waals surface area contributed by atoms with E-state index in [0.29, 0.717) is 30.4 Å². The van der Waals surface area contributed by atoms with Gasteiger partial charge in [0.25, 0.3) is 0 Å². The van der Waals surface area contributed by atoms with E-state index in [1.165, 1.54) is 0 Å². The third kappa shape index (κ3) is 3.32. The molecule has 1 aliphatic rings. The number of rotatable bonds is 5. The van der Waals surface area contributed by atoms with Crippen LogP contribution in [0.15, 0.2) is 29.0 Å². The predicted octanol–water partition coefficient (Wildman–Crippen LogP) is 1.85. The van der Waals surface area contributed by atoms with Gasteiger partial charge in [-0.25, -0.2) is 4.98 Å². The highest BCUT2D eigenvalue weighted by Crippen LogP contribution is 2.30. The first kappa shape index (κ1) is 16.4. The van der Waals surface area contributed by atoms with Gasteiger partial charge in [0.1, 0.15) is 5.82 Å². The number of aryl methyl sites for hydroxylation is 2. The number of H-pyrrole nitrogens is 1. The van der Waals surface area contributed by atoms with E-state index in [2.05, 4.69) is 30.3 Å². The van der Waals surface area contributed by atoms with Crippen LogP contribution < -0.4 is 0 Å². The third-order valence-corrected chi connectivity index (χ3v) is 4.45. The molecule has 0 aliphatic carbocycles. The van der Waals surface area contributed by atoms with E-state index in [9.17, 15) is 4.79 Å². The fraction of sp³-hybridized carbons (Fsp3) is 0.412. The highest BCUT2D eigenvalue weighted by atomic mass is 16.5. The van der Waals surface area contributed by atoms with Crippen molar-refractivity contribution >= 4 is 5.91 Å². The van der Waals surface area contributed by atoms with Crippen molar-refractivity contribution < 1.29 is 9.32 Å². The van der Waals surface area contributed by atoms with Gasteiger partial charge in [-0.3, -0.25) is 14.9 Å². The van der Waals surface area contributed by atoms with Crippen LogP contribution in [0, 0.1) is 6.92 Å². The molecule has 4 rings (SSSR count). The third-order valence-electron chi connectivity index (χ3n) is 4.45. The van der Waals surface area contributed by atoms with Gasteiger partial charge in [-0.05, 0) is 31.9 Å². The minimum Gasteiger partial charge on any atom is -0.339 e. The van der Waals surface area contributed by atoms with Gasteiger partial charge in [-0.15, -0.1) is 0 Å². The van der Waals surface area contributed by atoms with Crippen LogP contribution in [0.4, 0.5) is 0 Å². The number of hydrogen-bond donors (Lipinski definition) is 1. The Bertz CT molecular complexity index is 889. The molecule has 1 fully saturated rings. The van der Waals surface area contributed by atoms with Crippen molar-refractivity contribution in [2.75, 3.05) is 6.54 Å². The molecule has 26 heavy (non-hydrogen) atoms. The van der Waals surface area contributed by atoms with Crippen molar-refractivity contribution in [3.8, 4) is 11.4 Å². The average Bonchev–Trinajstić information content (AvgIpc) is 3.40. The Morgan fingerprint density at radius 3 is 2.96 bits per heavy atom. The van der Waals surface area contributed by atoms with E-state index in [0.717, 1.165) is 30.8 Å². The molecule has 0 saturated carbocycles. The number of carbonyl (C=O) groups is 1. The molecule has 0 spiro atoms. The molecular weight excluding hydrogens is 334 g/mol. The highest BCUT2D eigenvalue weighted by molar-refractivity contribution is 5.77. The van der Waals surface area contributed by atoms with E-state index in [-0.39, 0.29) is 11.9 Å². The summed E-state index contributed by atoms with van der Waals surface area (Å²) >= 11 is 0. The molecule has 3 aromatic rings. The molecule has 0 aromatic carbocycles. The fourth-order valence-corrected chi connectivity index (χ4v) is 3.17. The van der Waals surface area contributed by atoms with Crippen molar-refractivity contribution in [2.45, 2.75) is 38.6 Å². The number of aromatic nitrogens is 6. The van der Waals surface area contributed by atoms with Crippen molar-refractivity contribution in [2.24, 2.45) is 0 Å². The first-order valence-electron chi connectivity index (χ1n) is 8.62. The molecule has 3 aromatic heterocycles. The Kier molecular flexibility index (Phi) is 4.42. The summed E-state index contributed by atoms with van der Waals surface area (Å²) in [7, 11) is 0. The van der Waals surface area contributed by atoms with Gasteiger partial charge in [-0.2, -0.15) is 10.1 Å². The van der Waals surface area contributed by atoms with Crippen LogP contribution in [-0.2, 0) is 11.2 Å². The molecule has 4 heterocycles. The number of likely N-dealkylation sites (tertiary alicyclic amines) is 1. The lowest BCUT2D eigenvalue weighted by atomic mass is 10.2. The van der Waals surface area contributed by atoms with E-state index in [1.807, 2.05) is 24.0 Å². The second-order valence-electron chi connectivity index (χ2n) is 6.27. The van der Waals surface area contributed by atoms with Gasteiger partial charge in [-0.1, -0.05) is 5.16 Å². The van der Waals surface area contributed by atoms with E-state index < -0.39 is 0 Å². The van der Waals surface area contributed by atoms with Gasteiger partial charge in [0.05, 0.1) is 6.04 Å². The number of nitrogens with one attached hydrogen (secondary N) is 1. The van der Waals surface area contributed by atoms with Crippen LogP contribution in [0.2, 0.25) is 0 Å². The number of amides is 1. The lowest BCUT2D eigenvalue weighted by molar-refractivity contribution is -0.132. The summed E-state index contributed by atoms with van der Waals surface area (Å²) in [6.07, 6.45) is 5.91. The zero-order valence-electron chi connectivity index (χ0n) is 14.4. The van der Waals surface area contributed by atoms with Crippen LogP contribution >= 0.6 is 0 Å². The zero-order valence-corrected chi connectivity index (χ0v) is 14.4. The van der Waals surface area contributed by atoms with Crippen molar-refractivity contribution in [3.63, 3.8) is 0 Å². The Balaban J connectivity index is 1.39. The van der Waals surface area contributed by atoms with Crippen molar-refractivity contribution in [1.29, 1.82) is 0 Å². The summed E-state index contributed by atoms with van der Waals surface area (Å²) in [5, 5.41) is 11.0. The Hall–Kier alpha value is -3.10. The Labute approximate surface area is 149 Å². The van der Waals surface area contributed by atoms with Gasteiger partial charge in [0.2, 0.25) is 17.6 Å². The fourth-order valence-electron chi connectivity index (χ4n) is 3.17. The molecule has 1 saturated heterocycles. The maximum absolute atomic E-state index is 12.6. The molecule has 1 aliphatic heterocycles. The largest absolute Gasteiger partial charge is 0.339 e. The maximum Gasteiger partial charge on any atom is 0.227 e. The Morgan fingerprint density at radius 1 is 1.35 bits per heavy atom. The standard InChI is InChI=1S/C17H19N7O2/c1-11-19-17(22-21-11)13-3-2-10-24(13)15(25)5-4-14-20-16(23-26-14)12-6-8-18-9-7-12/h6-9,13H,2-5,10H2,1H3,(H,19,21,22). The highest BCUT2D eigenvalue weighted by Gasteiger charge is 2.32. The summed E-state index contributed by atoms with van der Waals surface area (Å²) in [4.78, 5) is 27.2. The summed E-state index contributed by atoms with van der Waals surface area (Å²) < 4.78 is 5.26. The summed E-state index contributed by atoms with van der Waals surface area (Å²) in [5.74, 6) is 2.46. The molecular formula is C17H19N7O2. The smallest absolute Gasteiger partial charge is 0.227 e. The first-order chi connectivity index (χ1) is 12.7. The van der Waals surface area contributed by atoms with Gasteiger partial charge >= 0.3 is 0 Å². The lowest BCUT2D eigenvalue weighted by Gasteiger charge is -2.22. The molecule has 134 valence electrons. The van der Waals surface area contributed by atoms with Crippen LogP contribution in [0.25, 0.3) is 11.4 Å². The van der Waals surface area contributed by atoms with Gasteiger partial charge in [0.15, 0.2) is 5.82 Å². The molecule has 0 radical (unpaired) electrons. The molecule has 9 heteroatoms. The lowest BCUT2D eigenvalue weighted by Crippen LogP contribution is -2.31. The van der Waals surface area contributed by atoms with Crippen LogP contribution in [0.3, 0.4) is 0 Å². The predicted molar refractivity (Wildman–Crippen MR) is 90.7 cm³/mol. The molecule has 0 bridgehead atoms. The topological polar surface area (TPSA) is 114 Å². The first-order valence-corrected chi connectivity index (χ1v) is 8.62. The van der Waals surface area contributed by atoms with Crippen LogP contribution in [0.1, 0.15) is 42.8 Å². The number of hydrogen-bond acceptors (Lipinski definition) is 7. The average molecular weight is 353 g/mol. The quantitative estimate of drug-likeness (QED) is 0.744. The second kappa shape index (κ2) is 7.03. The van der Waals surface area contributed by atoms with Crippen LogP contribution in [-0.4, -0.2) is 47.7 Å². The van der Waals surface area contributed by atoms with Crippen molar-refractivity contribution in [3.05, 3.63) is 42.1 Å². The minimum atomic E-state index is -0.0532. The molecule has 1 N–H and O–H groups in total. The maximum atomic E-state index is 12.6. The molecule has 1 atom stereocenters. The second-order valence-corrected chi connectivity index (χ2v) is 6.27. The van der Waals surface area contributed by atoms with E-state index >= 15 is 0 Å². The zero-order chi connectivity index (χ0) is 17.9. The molecule has 1 amide bonds. The normalized spacial score (nSPS) is 17.0. The Morgan fingerprint density at radius 2 is 2.19 bits per heavy atom. The minimum absolute atomic E-state index is 0.0532. The number of carbonyl (C=O) groups excluding carboxylic acids is 1. The monoisotopic (exact) mass is 353 g/mol. The molecule has 9 nitrogen and oxygen atoms in total. The summed E-state index contributed by atoms with van der Waals surface area (Å²) in [6, 6.07) is 3.57. The van der Waals surface area contributed by atoms with Crippen molar-refractivity contribution in [1.82, 2.24) is 35.2 Å². The van der Waals surface area contributed by atoms with Crippen LogP contribution in [0.5, 0.6) is 0 Å². The number of nitrogens with zero attached hydrogens (tertiary/aromatic N) is 6. The summed E-state index contributed by atoms with van der Waals surface area (Å²) in [6.45, 7) is 2.58. The molecule has 1 unspecified atom stereocenters. The summed E-state index contributed by atoms with van der Waals surface area (Å²) in [5.41, 5.74) is 0.834.